The van der Waals surface area contributed by atoms with E-state index >= 15 is 0 Å². The Balaban J connectivity index is 1.39. The quantitative estimate of drug-likeness (QED) is 0.506. The Morgan fingerprint density at radius 2 is 1.71 bits per heavy atom. The number of carbonyl (C=O) groups excluding carboxylic acids is 2. The first-order valence-corrected chi connectivity index (χ1v) is 11.6. The van der Waals surface area contributed by atoms with Crippen molar-refractivity contribution in [3.8, 4) is 17.2 Å². The zero-order chi connectivity index (χ0) is 24.9. The van der Waals surface area contributed by atoms with E-state index in [1.165, 1.54) is 0 Å². The summed E-state index contributed by atoms with van der Waals surface area (Å²) in [6.07, 6.45) is -0.638. The van der Waals surface area contributed by atoms with Crippen LogP contribution in [-0.2, 0) is 9.59 Å². The number of carbonyl (C=O) groups is 2. The molecule has 0 bridgehead atoms. The topological polar surface area (TPSA) is 77.1 Å². The van der Waals surface area contributed by atoms with Crippen molar-refractivity contribution in [2.75, 3.05) is 30.0 Å². The molecule has 0 saturated carbocycles. The number of hydrogen-bond donors (Lipinski definition) is 1. The van der Waals surface area contributed by atoms with Gasteiger partial charge in [0.25, 0.3) is 11.8 Å². The molecular weight excluding hydrogens is 444 g/mol. The van der Waals surface area contributed by atoms with E-state index in [1.807, 2.05) is 63.2 Å². The predicted octanol–water partition coefficient (Wildman–Crippen LogP) is 4.82. The number of benzene rings is 3. The summed E-state index contributed by atoms with van der Waals surface area (Å²) >= 11 is 0. The molecule has 7 heteroatoms. The molecular formula is C28H30N2O5. The summed E-state index contributed by atoms with van der Waals surface area (Å²) in [6, 6.07) is 18.9. The van der Waals surface area contributed by atoms with Crippen molar-refractivity contribution in [1.29, 1.82) is 0 Å². The lowest BCUT2D eigenvalue weighted by molar-refractivity contribution is -0.125. The fourth-order valence-corrected chi connectivity index (χ4v) is 3.81. The molecule has 1 heterocycles. The van der Waals surface area contributed by atoms with Gasteiger partial charge in [0.2, 0.25) is 0 Å². The maximum atomic E-state index is 12.8. The van der Waals surface area contributed by atoms with E-state index in [-0.39, 0.29) is 18.4 Å². The summed E-state index contributed by atoms with van der Waals surface area (Å²) in [5.41, 5.74) is 4.40. The van der Waals surface area contributed by atoms with Crippen LogP contribution in [0.25, 0.3) is 0 Å². The molecule has 1 aliphatic heterocycles. The van der Waals surface area contributed by atoms with Crippen molar-refractivity contribution in [1.82, 2.24) is 0 Å². The van der Waals surface area contributed by atoms with Crippen LogP contribution < -0.4 is 24.4 Å². The Hall–Kier alpha value is -4.00. The number of rotatable bonds is 8. The summed E-state index contributed by atoms with van der Waals surface area (Å²) in [5, 5.41) is 2.83. The van der Waals surface area contributed by atoms with Crippen molar-refractivity contribution in [3.63, 3.8) is 0 Å². The molecule has 3 aromatic rings. The third-order valence-corrected chi connectivity index (χ3v) is 5.76. The normalized spacial score (nSPS) is 14.7. The lowest BCUT2D eigenvalue weighted by atomic mass is 10.1. The van der Waals surface area contributed by atoms with Crippen LogP contribution in [0.2, 0.25) is 0 Å². The van der Waals surface area contributed by atoms with Gasteiger partial charge in [-0.25, -0.2) is 0 Å². The molecule has 182 valence electrons. The maximum Gasteiger partial charge on any atom is 0.267 e. The SMILES string of the molecule is Cc1ccc(OCCN2C(=O)C(C)Oc3cc(NC(=O)COc4cc(C)ccc4C)ccc32)cc1. The number of ether oxygens (including phenoxy) is 3. The summed E-state index contributed by atoms with van der Waals surface area (Å²) in [4.78, 5) is 26.9. The van der Waals surface area contributed by atoms with Crippen LogP contribution in [0.15, 0.2) is 60.7 Å². The minimum Gasteiger partial charge on any atom is -0.492 e. The van der Waals surface area contributed by atoms with Crippen LogP contribution in [0.1, 0.15) is 23.6 Å². The number of fused-ring (bicyclic) bond motifs is 1. The van der Waals surface area contributed by atoms with Crippen molar-refractivity contribution >= 4 is 23.2 Å². The molecule has 2 amide bonds. The zero-order valence-electron chi connectivity index (χ0n) is 20.5. The molecule has 35 heavy (non-hydrogen) atoms. The molecule has 0 fully saturated rings. The van der Waals surface area contributed by atoms with Gasteiger partial charge in [-0.3, -0.25) is 9.59 Å². The van der Waals surface area contributed by atoms with Crippen molar-refractivity contribution in [3.05, 3.63) is 77.4 Å². The van der Waals surface area contributed by atoms with Gasteiger partial charge in [0, 0.05) is 11.8 Å². The summed E-state index contributed by atoms with van der Waals surface area (Å²) in [7, 11) is 0. The van der Waals surface area contributed by atoms with E-state index < -0.39 is 6.10 Å². The average molecular weight is 475 g/mol. The fraction of sp³-hybridized carbons (Fsp3) is 0.286. The van der Waals surface area contributed by atoms with Crippen molar-refractivity contribution < 1.29 is 23.8 Å². The third kappa shape index (κ3) is 5.93. The van der Waals surface area contributed by atoms with E-state index in [1.54, 1.807) is 30.0 Å². The Bertz CT molecular complexity index is 1220. The van der Waals surface area contributed by atoms with Gasteiger partial charge in [-0.1, -0.05) is 29.8 Å². The maximum absolute atomic E-state index is 12.8. The molecule has 0 spiro atoms. The number of nitrogens with one attached hydrogen (secondary N) is 1. The number of amides is 2. The first-order chi connectivity index (χ1) is 16.8. The Labute approximate surface area is 205 Å². The van der Waals surface area contributed by atoms with Gasteiger partial charge in [-0.15, -0.1) is 0 Å². The van der Waals surface area contributed by atoms with Gasteiger partial charge in [0.05, 0.1) is 12.2 Å². The molecule has 0 aromatic heterocycles. The van der Waals surface area contributed by atoms with E-state index in [4.69, 9.17) is 14.2 Å². The monoisotopic (exact) mass is 474 g/mol. The van der Waals surface area contributed by atoms with Crippen LogP contribution in [0, 0.1) is 20.8 Å². The zero-order valence-corrected chi connectivity index (χ0v) is 20.5. The van der Waals surface area contributed by atoms with Gasteiger partial charge in [-0.2, -0.15) is 0 Å². The molecule has 0 saturated heterocycles. The van der Waals surface area contributed by atoms with E-state index in [0.717, 1.165) is 22.4 Å². The van der Waals surface area contributed by atoms with E-state index in [9.17, 15) is 9.59 Å². The fourth-order valence-electron chi connectivity index (χ4n) is 3.81. The van der Waals surface area contributed by atoms with Crippen LogP contribution in [0.3, 0.4) is 0 Å². The first-order valence-electron chi connectivity index (χ1n) is 11.6. The first kappa shape index (κ1) is 24.1. The highest BCUT2D eigenvalue weighted by Gasteiger charge is 2.31. The smallest absolute Gasteiger partial charge is 0.267 e. The third-order valence-electron chi connectivity index (χ3n) is 5.76. The highest BCUT2D eigenvalue weighted by atomic mass is 16.5. The molecule has 0 radical (unpaired) electrons. The molecule has 3 aromatic carbocycles. The second-order valence-corrected chi connectivity index (χ2v) is 8.70. The van der Waals surface area contributed by atoms with E-state index in [0.29, 0.717) is 36.0 Å². The van der Waals surface area contributed by atoms with Crippen molar-refractivity contribution in [2.45, 2.75) is 33.8 Å². The Kier molecular flexibility index (Phi) is 7.25. The van der Waals surface area contributed by atoms with Gasteiger partial charge in [0.1, 0.15) is 23.9 Å². The van der Waals surface area contributed by atoms with Crippen LogP contribution in [0.5, 0.6) is 17.2 Å². The molecule has 0 aliphatic carbocycles. The minimum absolute atomic E-state index is 0.112. The summed E-state index contributed by atoms with van der Waals surface area (Å²) < 4.78 is 17.3. The number of nitrogens with zero attached hydrogens (tertiary/aromatic N) is 1. The average Bonchev–Trinajstić information content (AvgIpc) is 2.83. The molecule has 1 unspecified atom stereocenters. The number of hydrogen-bond acceptors (Lipinski definition) is 5. The molecule has 1 N–H and O–H groups in total. The van der Waals surface area contributed by atoms with E-state index in [2.05, 4.69) is 5.32 Å². The standard InChI is InChI=1S/C28H30N2O5/c1-18-6-10-23(11-7-18)33-14-13-30-24-12-9-22(16-26(24)35-21(4)28(30)32)29-27(31)17-34-25-15-19(2)5-8-20(25)3/h5-12,15-16,21H,13-14,17H2,1-4H3,(H,29,31). The van der Waals surface area contributed by atoms with Gasteiger partial charge >= 0.3 is 0 Å². The number of aryl methyl sites for hydroxylation is 3. The van der Waals surface area contributed by atoms with Gasteiger partial charge < -0.3 is 24.4 Å². The lowest BCUT2D eigenvalue weighted by Crippen LogP contribution is -2.46. The largest absolute Gasteiger partial charge is 0.492 e. The lowest BCUT2D eigenvalue weighted by Gasteiger charge is -2.33. The second-order valence-electron chi connectivity index (χ2n) is 8.70. The van der Waals surface area contributed by atoms with Crippen LogP contribution >= 0.6 is 0 Å². The Morgan fingerprint density at radius 1 is 0.971 bits per heavy atom. The Morgan fingerprint density at radius 3 is 2.49 bits per heavy atom. The second kappa shape index (κ2) is 10.5. The van der Waals surface area contributed by atoms with Crippen LogP contribution in [-0.4, -0.2) is 37.7 Å². The van der Waals surface area contributed by atoms with Gasteiger partial charge in [0.15, 0.2) is 12.7 Å². The highest BCUT2D eigenvalue weighted by Crippen LogP contribution is 2.36. The molecule has 7 nitrogen and oxygen atoms in total. The summed E-state index contributed by atoms with van der Waals surface area (Å²) in [6.45, 7) is 8.25. The van der Waals surface area contributed by atoms with Crippen LogP contribution in [0.4, 0.5) is 11.4 Å². The summed E-state index contributed by atoms with van der Waals surface area (Å²) in [5.74, 6) is 1.55. The van der Waals surface area contributed by atoms with Gasteiger partial charge in [-0.05, 0) is 69.2 Å². The predicted molar refractivity (Wildman–Crippen MR) is 136 cm³/mol. The van der Waals surface area contributed by atoms with Crippen molar-refractivity contribution in [2.24, 2.45) is 0 Å². The number of anilines is 2. The minimum atomic E-state index is -0.638. The molecule has 1 aliphatic rings. The molecule has 1 atom stereocenters. The molecule has 4 rings (SSSR count). The highest BCUT2D eigenvalue weighted by molar-refractivity contribution is 6.00.